The van der Waals surface area contributed by atoms with Gasteiger partial charge in [-0.2, -0.15) is 0 Å². The Labute approximate surface area is 205 Å². The summed E-state index contributed by atoms with van der Waals surface area (Å²) in [5.41, 5.74) is 2.24. The molecule has 0 spiro atoms. The van der Waals surface area contributed by atoms with Gasteiger partial charge in [0, 0.05) is 16.3 Å². The Bertz CT molecular complexity index is 1220. The van der Waals surface area contributed by atoms with E-state index in [1.165, 1.54) is 11.3 Å². The molecular formula is C23H24ClN5O4S. The summed E-state index contributed by atoms with van der Waals surface area (Å²) in [6.07, 6.45) is 0.688. The Kier molecular flexibility index (Phi) is 7.18. The summed E-state index contributed by atoms with van der Waals surface area (Å²) in [4.78, 5) is 25.6. The molecule has 0 unspecified atom stereocenters. The summed E-state index contributed by atoms with van der Waals surface area (Å²) >= 11 is 7.36. The van der Waals surface area contributed by atoms with Crippen molar-refractivity contribution in [1.29, 1.82) is 0 Å². The molecule has 0 radical (unpaired) electrons. The lowest BCUT2D eigenvalue weighted by Crippen LogP contribution is -2.49. The first-order valence-corrected chi connectivity index (χ1v) is 11.9. The number of anilines is 2. The number of aromatic nitrogens is 2. The number of aryl methyl sites for hydroxylation is 1. The monoisotopic (exact) mass is 501 g/mol. The van der Waals surface area contributed by atoms with E-state index in [0.29, 0.717) is 38.8 Å². The van der Waals surface area contributed by atoms with Crippen LogP contribution in [0.5, 0.6) is 11.5 Å². The molecule has 9 nitrogen and oxygen atoms in total. The molecule has 11 heteroatoms. The lowest BCUT2D eigenvalue weighted by Gasteiger charge is -2.23. The standard InChI is InChI=1S/C23H24ClN5O4S/c1-4-12(2)19(26-22(31)25-15-7-5-13(3)16(24)10-15)20(30)27-23-29-28-21(34-23)14-6-8-17-18(9-14)33-11-32-17/h5-10,12,19H,4,11H2,1-3H3,(H2,25,26,31)(H,27,29,30)/t12-,19+/m1/s1. The second-order valence-corrected chi connectivity index (χ2v) is 9.28. The smallest absolute Gasteiger partial charge is 0.319 e. The lowest BCUT2D eigenvalue weighted by atomic mass is 9.98. The van der Waals surface area contributed by atoms with Crippen LogP contribution >= 0.6 is 22.9 Å². The lowest BCUT2D eigenvalue weighted by molar-refractivity contribution is -0.119. The zero-order chi connectivity index (χ0) is 24.2. The maximum Gasteiger partial charge on any atom is 0.319 e. The maximum atomic E-state index is 13.0. The van der Waals surface area contributed by atoms with E-state index < -0.39 is 12.1 Å². The summed E-state index contributed by atoms with van der Waals surface area (Å²) in [6.45, 7) is 5.91. The fourth-order valence-corrected chi connectivity index (χ4v) is 4.21. The molecule has 2 heterocycles. The van der Waals surface area contributed by atoms with E-state index in [9.17, 15) is 9.59 Å². The van der Waals surface area contributed by atoms with Crippen LogP contribution in [0, 0.1) is 12.8 Å². The van der Waals surface area contributed by atoms with Crippen LogP contribution in [0.3, 0.4) is 0 Å². The Morgan fingerprint density at radius 2 is 1.91 bits per heavy atom. The number of benzene rings is 2. The van der Waals surface area contributed by atoms with Crippen molar-refractivity contribution >= 4 is 45.7 Å². The molecule has 0 saturated heterocycles. The Hall–Kier alpha value is -3.37. The molecule has 2 aromatic carbocycles. The number of rotatable bonds is 7. The molecule has 1 aliphatic rings. The van der Waals surface area contributed by atoms with E-state index >= 15 is 0 Å². The minimum atomic E-state index is -0.774. The van der Waals surface area contributed by atoms with Crippen molar-refractivity contribution in [3.05, 3.63) is 47.0 Å². The molecule has 2 atom stereocenters. The highest BCUT2D eigenvalue weighted by Gasteiger charge is 2.27. The zero-order valence-electron chi connectivity index (χ0n) is 18.8. The predicted molar refractivity (Wildman–Crippen MR) is 132 cm³/mol. The van der Waals surface area contributed by atoms with Gasteiger partial charge in [0.15, 0.2) is 11.5 Å². The Balaban J connectivity index is 1.42. The van der Waals surface area contributed by atoms with E-state index in [0.717, 1.165) is 11.1 Å². The highest BCUT2D eigenvalue weighted by molar-refractivity contribution is 7.18. The van der Waals surface area contributed by atoms with Crippen molar-refractivity contribution in [2.75, 3.05) is 17.4 Å². The van der Waals surface area contributed by atoms with Gasteiger partial charge in [-0.15, -0.1) is 10.2 Å². The number of nitrogens with one attached hydrogen (secondary N) is 3. The number of carbonyl (C=O) groups excluding carboxylic acids is 2. The summed E-state index contributed by atoms with van der Waals surface area (Å²) in [5, 5.41) is 18.0. The SMILES string of the molecule is CC[C@@H](C)[C@H](NC(=O)Nc1ccc(C)c(Cl)c1)C(=O)Nc1nnc(-c2ccc3c(c2)OCO3)s1. The van der Waals surface area contributed by atoms with Gasteiger partial charge in [-0.25, -0.2) is 4.79 Å². The van der Waals surface area contributed by atoms with Crippen molar-refractivity contribution in [1.82, 2.24) is 15.5 Å². The number of halogens is 1. The Morgan fingerprint density at radius 1 is 1.12 bits per heavy atom. The van der Waals surface area contributed by atoms with Crippen molar-refractivity contribution in [3.63, 3.8) is 0 Å². The van der Waals surface area contributed by atoms with E-state index in [1.807, 2.05) is 39.0 Å². The molecule has 34 heavy (non-hydrogen) atoms. The van der Waals surface area contributed by atoms with Crippen LogP contribution in [-0.4, -0.2) is 35.0 Å². The van der Waals surface area contributed by atoms with Crippen molar-refractivity contribution < 1.29 is 19.1 Å². The second kappa shape index (κ2) is 10.3. The molecule has 1 aliphatic heterocycles. The van der Waals surface area contributed by atoms with Crippen molar-refractivity contribution in [2.24, 2.45) is 5.92 Å². The number of amides is 3. The average molecular weight is 502 g/mol. The van der Waals surface area contributed by atoms with Gasteiger partial charge in [0.2, 0.25) is 17.8 Å². The quantitative estimate of drug-likeness (QED) is 0.416. The van der Waals surface area contributed by atoms with Crippen LogP contribution in [0.2, 0.25) is 5.02 Å². The summed E-state index contributed by atoms with van der Waals surface area (Å²) in [6, 6.07) is 9.42. The highest BCUT2D eigenvalue weighted by atomic mass is 35.5. The average Bonchev–Trinajstić information content (AvgIpc) is 3.48. The summed E-state index contributed by atoms with van der Waals surface area (Å²) in [5.74, 6) is 0.823. The first-order valence-electron chi connectivity index (χ1n) is 10.7. The highest BCUT2D eigenvalue weighted by Crippen LogP contribution is 2.37. The molecule has 3 amide bonds. The van der Waals surface area contributed by atoms with Crippen LogP contribution in [0.4, 0.5) is 15.6 Å². The molecule has 0 aliphatic carbocycles. The number of hydrogen-bond donors (Lipinski definition) is 3. The number of carbonyl (C=O) groups is 2. The topological polar surface area (TPSA) is 114 Å². The molecule has 0 saturated carbocycles. The normalized spacial score (nSPS) is 13.8. The maximum absolute atomic E-state index is 13.0. The van der Waals surface area contributed by atoms with E-state index in [1.54, 1.807) is 18.2 Å². The minimum Gasteiger partial charge on any atom is -0.454 e. The summed E-state index contributed by atoms with van der Waals surface area (Å²) < 4.78 is 10.7. The fraction of sp³-hybridized carbons (Fsp3) is 0.304. The number of ether oxygens (including phenoxy) is 2. The number of fused-ring (bicyclic) bond motifs is 1. The molecule has 178 valence electrons. The summed E-state index contributed by atoms with van der Waals surface area (Å²) in [7, 11) is 0. The molecule has 3 N–H and O–H groups in total. The Morgan fingerprint density at radius 3 is 2.68 bits per heavy atom. The first kappa shape index (κ1) is 23.8. The van der Waals surface area contributed by atoms with E-state index in [-0.39, 0.29) is 18.6 Å². The van der Waals surface area contributed by atoms with Crippen LogP contribution in [-0.2, 0) is 4.79 Å². The number of nitrogens with zero attached hydrogens (tertiary/aromatic N) is 2. The van der Waals surface area contributed by atoms with Gasteiger partial charge in [0.1, 0.15) is 11.0 Å². The number of urea groups is 1. The first-order chi connectivity index (χ1) is 16.3. The van der Waals surface area contributed by atoms with Crippen LogP contribution in [0.1, 0.15) is 25.8 Å². The van der Waals surface area contributed by atoms with E-state index in [2.05, 4.69) is 26.1 Å². The fourth-order valence-electron chi connectivity index (χ4n) is 3.28. The third-order valence-corrected chi connectivity index (χ3v) is 6.78. The van der Waals surface area contributed by atoms with Gasteiger partial charge in [-0.05, 0) is 48.7 Å². The molecule has 3 aromatic rings. The third-order valence-electron chi connectivity index (χ3n) is 5.49. The van der Waals surface area contributed by atoms with Crippen LogP contribution < -0.4 is 25.4 Å². The molecule has 0 bridgehead atoms. The van der Waals surface area contributed by atoms with Crippen molar-refractivity contribution in [3.8, 4) is 22.1 Å². The van der Waals surface area contributed by atoms with Gasteiger partial charge in [0.05, 0.1) is 0 Å². The predicted octanol–water partition coefficient (Wildman–Crippen LogP) is 5.07. The molecule has 4 rings (SSSR count). The number of hydrogen-bond acceptors (Lipinski definition) is 7. The van der Waals surface area contributed by atoms with Gasteiger partial charge in [-0.1, -0.05) is 49.3 Å². The van der Waals surface area contributed by atoms with Gasteiger partial charge in [0.25, 0.3) is 0 Å². The van der Waals surface area contributed by atoms with Gasteiger partial charge < -0.3 is 20.1 Å². The van der Waals surface area contributed by atoms with Crippen LogP contribution in [0.15, 0.2) is 36.4 Å². The van der Waals surface area contributed by atoms with Crippen LogP contribution in [0.25, 0.3) is 10.6 Å². The second-order valence-electron chi connectivity index (χ2n) is 7.90. The van der Waals surface area contributed by atoms with E-state index in [4.69, 9.17) is 21.1 Å². The van der Waals surface area contributed by atoms with Gasteiger partial charge >= 0.3 is 6.03 Å². The minimum absolute atomic E-state index is 0.117. The largest absolute Gasteiger partial charge is 0.454 e. The third kappa shape index (κ3) is 5.40. The zero-order valence-corrected chi connectivity index (χ0v) is 20.4. The molecule has 0 fully saturated rings. The van der Waals surface area contributed by atoms with Gasteiger partial charge in [-0.3, -0.25) is 10.1 Å². The van der Waals surface area contributed by atoms with Crippen molar-refractivity contribution in [2.45, 2.75) is 33.2 Å². The molecule has 1 aromatic heterocycles. The molecular weight excluding hydrogens is 478 g/mol.